The summed E-state index contributed by atoms with van der Waals surface area (Å²) in [6.07, 6.45) is 7.15. The van der Waals surface area contributed by atoms with Crippen molar-refractivity contribution in [3.63, 3.8) is 0 Å². The van der Waals surface area contributed by atoms with Crippen LogP contribution in [0, 0.1) is 17.8 Å². The molecule has 4 unspecified atom stereocenters. The molecule has 2 heteroatoms. The van der Waals surface area contributed by atoms with Crippen LogP contribution in [0.2, 0.25) is 0 Å². The molecule has 66 valence electrons. The average molecular weight is 164 g/mol. The van der Waals surface area contributed by atoms with Crippen LogP contribution >= 0.6 is 0 Å². The van der Waals surface area contributed by atoms with E-state index in [2.05, 4.69) is 17.5 Å². The fourth-order valence-corrected chi connectivity index (χ4v) is 3.30. The van der Waals surface area contributed by atoms with Crippen molar-refractivity contribution in [1.82, 2.24) is 5.32 Å². The van der Waals surface area contributed by atoms with Crippen LogP contribution in [0.1, 0.15) is 12.8 Å². The fraction of sp³-hybridized carbons (Fsp3) is 0.800. The first-order chi connectivity index (χ1) is 5.80. The molecule has 0 radical (unpaired) electrons. The summed E-state index contributed by atoms with van der Waals surface area (Å²) in [6, 6.07) is 0. The number of hydrogen-bond donors (Lipinski definition) is 2. The van der Waals surface area contributed by atoms with Crippen molar-refractivity contribution in [3.8, 4) is 0 Å². The monoisotopic (exact) mass is 164 g/mol. The zero-order valence-electron chi connectivity index (χ0n) is 7.29. The molecule has 1 aliphatic heterocycles. The zero-order valence-corrected chi connectivity index (χ0v) is 7.29. The Bertz CT molecular complexity index is 236. The molecule has 4 rings (SSSR count). The van der Waals surface area contributed by atoms with Gasteiger partial charge >= 0.3 is 0 Å². The summed E-state index contributed by atoms with van der Waals surface area (Å²) in [5.41, 5.74) is 6.40. The van der Waals surface area contributed by atoms with E-state index in [1.54, 1.807) is 0 Å². The van der Waals surface area contributed by atoms with Crippen molar-refractivity contribution in [2.24, 2.45) is 23.5 Å². The van der Waals surface area contributed by atoms with Crippen molar-refractivity contribution in [2.75, 3.05) is 13.1 Å². The Morgan fingerprint density at radius 3 is 3.00 bits per heavy atom. The smallest absolute Gasteiger partial charge is 0.0383 e. The predicted octanol–water partition coefficient (Wildman–Crippen LogP) is 0.499. The molecular formula is C10H16N2. The molecule has 1 heterocycles. The maximum absolute atomic E-state index is 6.35. The third kappa shape index (κ3) is 0.723. The molecule has 2 bridgehead atoms. The van der Waals surface area contributed by atoms with Gasteiger partial charge < -0.3 is 11.1 Å². The lowest BCUT2D eigenvalue weighted by molar-refractivity contribution is 0.139. The summed E-state index contributed by atoms with van der Waals surface area (Å²) in [7, 11) is 0. The van der Waals surface area contributed by atoms with Gasteiger partial charge in [0, 0.05) is 12.1 Å². The van der Waals surface area contributed by atoms with Crippen LogP contribution in [0.25, 0.3) is 0 Å². The van der Waals surface area contributed by atoms with Crippen LogP contribution in [0.3, 0.4) is 0 Å². The number of hydrogen-bond acceptors (Lipinski definition) is 2. The summed E-state index contributed by atoms with van der Waals surface area (Å²) in [5, 5.41) is 3.47. The highest BCUT2D eigenvalue weighted by atomic mass is 15.0. The molecule has 1 saturated carbocycles. The molecule has 0 amide bonds. The van der Waals surface area contributed by atoms with E-state index in [0.717, 1.165) is 24.3 Å². The Labute approximate surface area is 73.2 Å². The van der Waals surface area contributed by atoms with Gasteiger partial charge in [0.05, 0.1) is 0 Å². The van der Waals surface area contributed by atoms with Crippen LogP contribution < -0.4 is 11.1 Å². The third-order valence-corrected chi connectivity index (χ3v) is 4.07. The second kappa shape index (κ2) is 2.12. The molecule has 12 heavy (non-hydrogen) atoms. The van der Waals surface area contributed by atoms with Crippen LogP contribution in [0.15, 0.2) is 12.2 Å². The molecule has 0 aromatic rings. The maximum Gasteiger partial charge on any atom is 0.0383 e. The fourth-order valence-electron chi connectivity index (χ4n) is 3.30. The molecular weight excluding hydrogens is 148 g/mol. The van der Waals surface area contributed by atoms with E-state index >= 15 is 0 Å². The molecule has 0 aromatic carbocycles. The van der Waals surface area contributed by atoms with Crippen molar-refractivity contribution >= 4 is 0 Å². The zero-order chi connectivity index (χ0) is 8.18. The molecule has 2 fully saturated rings. The van der Waals surface area contributed by atoms with E-state index in [-0.39, 0.29) is 5.54 Å². The van der Waals surface area contributed by atoms with E-state index in [1.165, 1.54) is 19.4 Å². The minimum Gasteiger partial charge on any atom is -0.322 e. The van der Waals surface area contributed by atoms with Gasteiger partial charge in [-0.05, 0) is 37.1 Å². The van der Waals surface area contributed by atoms with E-state index in [9.17, 15) is 0 Å². The topological polar surface area (TPSA) is 38.0 Å². The lowest BCUT2D eigenvalue weighted by atomic mass is 9.60. The molecule has 4 atom stereocenters. The number of rotatable bonds is 0. The Balaban J connectivity index is 2.03. The standard InChI is InChI=1S/C10H16N2/c11-10-3-1-7(2-4-10)8-5-12-6-9(8)10/h1,3,7-9,12H,2,4-6,11H2. The summed E-state index contributed by atoms with van der Waals surface area (Å²) >= 11 is 0. The molecule has 1 saturated heterocycles. The maximum atomic E-state index is 6.35. The van der Waals surface area contributed by atoms with Crippen molar-refractivity contribution in [3.05, 3.63) is 12.2 Å². The van der Waals surface area contributed by atoms with Gasteiger partial charge in [-0.25, -0.2) is 0 Å². The lowest BCUT2D eigenvalue weighted by Gasteiger charge is -2.48. The van der Waals surface area contributed by atoms with E-state index in [4.69, 9.17) is 5.73 Å². The molecule has 0 spiro atoms. The second-order valence-electron chi connectivity index (χ2n) is 4.60. The minimum absolute atomic E-state index is 0.0446. The van der Waals surface area contributed by atoms with Crippen molar-refractivity contribution in [1.29, 1.82) is 0 Å². The highest BCUT2D eigenvalue weighted by Gasteiger charge is 2.49. The van der Waals surface area contributed by atoms with Gasteiger partial charge in [0.2, 0.25) is 0 Å². The van der Waals surface area contributed by atoms with E-state index in [1.807, 2.05) is 0 Å². The van der Waals surface area contributed by atoms with E-state index in [0.29, 0.717) is 0 Å². The minimum atomic E-state index is 0.0446. The molecule has 3 aliphatic carbocycles. The van der Waals surface area contributed by atoms with Gasteiger partial charge in [-0.15, -0.1) is 0 Å². The van der Waals surface area contributed by atoms with Gasteiger partial charge in [-0.3, -0.25) is 0 Å². The summed E-state index contributed by atoms with van der Waals surface area (Å²) in [4.78, 5) is 0. The number of nitrogens with two attached hydrogens (primary N) is 1. The van der Waals surface area contributed by atoms with Crippen molar-refractivity contribution in [2.45, 2.75) is 18.4 Å². The normalized spacial score (nSPS) is 55.9. The Kier molecular flexibility index (Phi) is 1.25. The molecule has 4 aliphatic rings. The first-order valence-electron chi connectivity index (χ1n) is 4.98. The quantitative estimate of drug-likeness (QED) is 0.512. The van der Waals surface area contributed by atoms with Gasteiger partial charge in [-0.1, -0.05) is 12.2 Å². The van der Waals surface area contributed by atoms with Gasteiger partial charge in [-0.2, -0.15) is 0 Å². The predicted molar refractivity (Wildman–Crippen MR) is 48.6 cm³/mol. The molecule has 0 aromatic heterocycles. The SMILES string of the molecule is NC12C=CC(CC1)C1CNCC12. The second-order valence-corrected chi connectivity index (χ2v) is 4.60. The highest BCUT2D eigenvalue weighted by molar-refractivity contribution is 5.22. The summed E-state index contributed by atoms with van der Waals surface area (Å²) < 4.78 is 0. The molecule has 2 nitrogen and oxygen atoms in total. The van der Waals surface area contributed by atoms with Crippen LogP contribution in [-0.4, -0.2) is 18.6 Å². The first kappa shape index (κ1) is 7.10. The average Bonchev–Trinajstić information content (AvgIpc) is 2.55. The van der Waals surface area contributed by atoms with Crippen LogP contribution in [-0.2, 0) is 0 Å². The number of nitrogens with one attached hydrogen (secondary N) is 1. The van der Waals surface area contributed by atoms with E-state index < -0.39 is 0 Å². The Morgan fingerprint density at radius 1 is 1.42 bits per heavy atom. The largest absolute Gasteiger partial charge is 0.322 e. The number of fused-ring (bicyclic) bond motifs is 1. The van der Waals surface area contributed by atoms with Gasteiger partial charge in [0.1, 0.15) is 0 Å². The number of allylic oxidation sites excluding steroid dienone is 1. The van der Waals surface area contributed by atoms with Gasteiger partial charge in [0.15, 0.2) is 0 Å². The summed E-state index contributed by atoms with van der Waals surface area (Å²) in [5.74, 6) is 2.39. The van der Waals surface area contributed by atoms with Crippen LogP contribution in [0.4, 0.5) is 0 Å². The molecule has 3 N–H and O–H groups in total. The third-order valence-electron chi connectivity index (χ3n) is 4.07. The van der Waals surface area contributed by atoms with Crippen molar-refractivity contribution < 1.29 is 0 Å². The highest BCUT2D eigenvalue weighted by Crippen LogP contribution is 2.47. The first-order valence-corrected chi connectivity index (χ1v) is 4.98. The van der Waals surface area contributed by atoms with Gasteiger partial charge in [0.25, 0.3) is 0 Å². The Hall–Kier alpha value is -0.340. The Morgan fingerprint density at radius 2 is 2.33 bits per heavy atom. The lowest BCUT2D eigenvalue weighted by Crippen LogP contribution is -2.55. The summed E-state index contributed by atoms with van der Waals surface area (Å²) in [6.45, 7) is 2.33. The van der Waals surface area contributed by atoms with Crippen LogP contribution in [0.5, 0.6) is 0 Å².